The minimum absolute atomic E-state index is 0.00274. The summed E-state index contributed by atoms with van der Waals surface area (Å²) in [5, 5.41) is 14.9. The zero-order valence-electron chi connectivity index (χ0n) is 10.5. The Morgan fingerprint density at radius 1 is 1.53 bits per heavy atom. The fourth-order valence-electron chi connectivity index (χ4n) is 2.20. The van der Waals surface area contributed by atoms with E-state index in [1.165, 1.54) is 0 Å². The number of hydrogen-bond acceptors (Lipinski definition) is 3. The van der Waals surface area contributed by atoms with Crippen LogP contribution in [0.5, 0.6) is 0 Å². The Morgan fingerprint density at radius 2 is 2.24 bits per heavy atom. The molecule has 0 spiro atoms. The van der Waals surface area contributed by atoms with Gasteiger partial charge in [0.15, 0.2) is 0 Å². The Bertz CT molecular complexity index is 281. The molecule has 3 unspecified atom stereocenters. The summed E-state index contributed by atoms with van der Waals surface area (Å²) in [5.41, 5.74) is 0. The van der Waals surface area contributed by atoms with Gasteiger partial charge in [-0.3, -0.25) is 9.59 Å². The molecule has 3 N–H and O–H groups in total. The molecule has 0 aromatic heterocycles. The lowest BCUT2D eigenvalue weighted by Gasteiger charge is -2.28. The van der Waals surface area contributed by atoms with Crippen molar-refractivity contribution >= 4 is 11.9 Å². The second-order valence-corrected chi connectivity index (χ2v) is 4.79. The maximum absolute atomic E-state index is 12.0. The molecule has 0 aromatic carbocycles. The number of nitrogens with one attached hydrogen (secondary N) is 2. The second kappa shape index (κ2) is 6.59. The van der Waals surface area contributed by atoms with E-state index in [0.717, 1.165) is 19.4 Å². The molecule has 0 aromatic rings. The molecule has 0 aliphatic carbocycles. The second-order valence-electron chi connectivity index (χ2n) is 4.79. The number of piperidine rings is 1. The van der Waals surface area contributed by atoms with Crippen molar-refractivity contribution in [2.75, 3.05) is 6.54 Å². The molecule has 5 nitrogen and oxygen atoms in total. The molecular weight excluding hydrogens is 220 g/mol. The molecule has 1 aliphatic rings. The molecule has 98 valence electrons. The van der Waals surface area contributed by atoms with Crippen LogP contribution in [-0.4, -0.2) is 35.6 Å². The molecule has 1 amide bonds. The van der Waals surface area contributed by atoms with Crippen molar-refractivity contribution in [1.29, 1.82) is 0 Å². The maximum atomic E-state index is 12.0. The summed E-state index contributed by atoms with van der Waals surface area (Å²) in [7, 11) is 0. The molecule has 1 aliphatic heterocycles. The average Bonchev–Trinajstić information content (AvgIpc) is 2.27. The third-order valence-corrected chi connectivity index (χ3v) is 3.25. The van der Waals surface area contributed by atoms with E-state index >= 15 is 0 Å². The Labute approximate surface area is 102 Å². The highest BCUT2D eigenvalue weighted by atomic mass is 16.4. The first kappa shape index (κ1) is 14.0. The summed E-state index contributed by atoms with van der Waals surface area (Å²) in [6, 6.07) is 0.115. The van der Waals surface area contributed by atoms with Crippen LogP contribution in [0, 0.1) is 5.92 Å². The fraction of sp³-hybridized carbons (Fsp3) is 0.833. The number of amides is 1. The number of carbonyl (C=O) groups is 2. The molecule has 0 saturated carbocycles. The van der Waals surface area contributed by atoms with Crippen LogP contribution in [0.2, 0.25) is 0 Å². The van der Waals surface area contributed by atoms with Crippen LogP contribution in [-0.2, 0) is 9.59 Å². The highest BCUT2D eigenvalue weighted by molar-refractivity contribution is 5.80. The van der Waals surface area contributed by atoms with E-state index in [4.69, 9.17) is 5.11 Å². The van der Waals surface area contributed by atoms with Gasteiger partial charge in [0.25, 0.3) is 0 Å². The van der Waals surface area contributed by atoms with Crippen molar-refractivity contribution in [2.45, 2.75) is 51.6 Å². The van der Waals surface area contributed by atoms with Gasteiger partial charge in [0, 0.05) is 18.0 Å². The predicted octanol–water partition coefficient (Wildman–Crippen LogP) is 0.744. The molecule has 5 heteroatoms. The third-order valence-electron chi connectivity index (χ3n) is 3.25. The van der Waals surface area contributed by atoms with Crippen molar-refractivity contribution < 1.29 is 14.7 Å². The SMILES string of the molecule is CCC(CC(=O)O)NC(=O)C1CCNC(C)C1. The van der Waals surface area contributed by atoms with E-state index in [0.29, 0.717) is 12.5 Å². The van der Waals surface area contributed by atoms with Gasteiger partial charge in [-0.25, -0.2) is 0 Å². The van der Waals surface area contributed by atoms with Crippen LogP contribution in [0.25, 0.3) is 0 Å². The van der Waals surface area contributed by atoms with Gasteiger partial charge in [0.05, 0.1) is 6.42 Å². The first-order valence-electron chi connectivity index (χ1n) is 6.28. The van der Waals surface area contributed by atoms with Gasteiger partial charge in [-0.2, -0.15) is 0 Å². The van der Waals surface area contributed by atoms with Crippen LogP contribution in [0.4, 0.5) is 0 Å². The van der Waals surface area contributed by atoms with E-state index in [2.05, 4.69) is 17.6 Å². The quantitative estimate of drug-likeness (QED) is 0.664. The third kappa shape index (κ3) is 4.73. The summed E-state index contributed by atoms with van der Waals surface area (Å²) in [5.74, 6) is -0.837. The number of carbonyl (C=O) groups excluding carboxylic acids is 1. The largest absolute Gasteiger partial charge is 0.481 e. The van der Waals surface area contributed by atoms with E-state index in [9.17, 15) is 9.59 Å². The zero-order valence-corrected chi connectivity index (χ0v) is 10.5. The topological polar surface area (TPSA) is 78.4 Å². The number of aliphatic carboxylic acids is 1. The summed E-state index contributed by atoms with van der Waals surface area (Å²) in [6.45, 7) is 4.81. The van der Waals surface area contributed by atoms with Crippen molar-refractivity contribution in [3.05, 3.63) is 0 Å². The summed E-state index contributed by atoms with van der Waals surface area (Å²) >= 11 is 0. The van der Waals surface area contributed by atoms with Crippen LogP contribution in [0.15, 0.2) is 0 Å². The minimum atomic E-state index is -0.865. The minimum Gasteiger partial charge on any atom is -0.481 e. The highest BCUT2D eigenvalue weighted by Gasteiger charge is 2.26. The van der Waals surface area contributed by atoms with E-state index in [1.807, 2.05) is 6.92 Å². The van der Waals surface area contributed by atoms with E-state index in [1.54, 1.807) is 0 Å². The van der Waals surface area contributed by atoms with Gasteiger partial charge in [-0.1, -0.05) is 6.92 Å². The van der Waals surface area contributed by atoms with E-state index < -0.39 is 5.97 Å². The first-order valence-corrected chi connectivity index (χ1v) is 6.28. The molecule has 1 heterocycles. The van der Waals surface area contributed by atoms with Crippen molar-refractivity contribution in [3.63, 3.8) is 0 Å². The Hall–Kier alpha value is -1.10. The average molecular weight is 242 g/mol. The molecular formula is C12H22N2O3. The van der Waals surface area contributed by atoms with Gasteiger partial charge < -0.3 is 15.7 Å². The molecule has 17 heavy (non-hydrogen) atoms. The molecule has 1 fully saturated rings. The summed E-state index contributed by atoms with van der Waals surface area (Å²) in [4.78, 5) is 22.6. The highest BCUT2D eigenvalue weighted by Crippen LogP contribution is 2.16. The summed E-state index contributed by atoms with van der Waals surface area (Å²) in [6.07, 6.45) is 2.32. The number of hydrogen-bond donors (Lipinski definition) is 3. The van der Waals surface area contributed by atoms with Gasteiger partial charge in [0.2, 0.25) is 5.91 Å². The fourth-order valence-corrected chi connectivity index (χ4v) is 2.20. The summed E-state index contributed by atoms with van der Waals surface area (Å²) < 4.78 is 0. The standard InChI is InChI=1S/C12H22N2O3/c1-3-10(7-11(15)16)14-12(17)9-4-5-13-8(2)6-9/h8-10,13H,3-7H2,1-2H3,(H,14,17)(H,15,16). The van der Waals surface area contributed by atoms with Gasteiger partial charge in [0.1, 0.15) is 0 Å². The molecule has 0 bridgehead atoms. The van der Waals surface area contributed by atoms with Crippen molar-refractivity contribution in [3.8, 4) is 0 Å². The van der Waals surface area contributed by atoms with Gasteiger partial charge in [-0.15, -0.1) is 0 Å². The molecule has 0 radical (unpaired) electrons. The lowest BCUT2D eigenvalue weighted by molar-refractivity contribution is -0.138. The van der Waals surface area contributed by atoms with Crippen LogP contribution in [0.1, 0.15) is 39.5 Å². The molecule has 3 atom stereocenters. The van der Waals surface area contributed by atoms with Crippen LogP contribution in [0.3, 0.4) is 0 Å². The van der Waals surface area contributed by atoms with Crippen LogP contribution >= 0.6 is 0 Å². The normalized spacial score (nSPS) is 26.2. The Kier molecular flexibility index (Phi) is 5.41. The lowest BCUT2D eigenvalue weighted by Crippen LogP contribution is -2.45. The van der Waals surface area contributed by atoms with Crippen LogP contribution < -0.4 is 10.6 Å². The number of rotatable bonds is 5. The van der Waals surface area contributed by atoms with Gasteiger partial charge >= 0.3 is 5.97 Å². The number of carboxylic acid groups (broad SMARTS) is 1. The van der Waals surface area contributed by atoms with Crippen molar-refractivity contribution in [1.82, 2.24) is 10.6 Å². The molecule has 1 saturated heterocycles. The zero-order chi connectivity index (χ0) is 12.8. The van der Waals surface area contributed by atoms with E-state index in [-0.39, 0.29) is 24.3 Å². The Balaban J connectivity index is 2.43. The Morgan fingerprint density at radius 3 is 2.76 bits per heavy atom. The lowest BCUT2D eigenvalue weighted by atomic mass is 9.92. The maximum Gasteiger partial charge on any atom is 0.305 e. The predicted molar refractivity (Wildman–Crippen MR) is 64.7 cm³/mol. The molecule has 1 rings (SSSR count). The monoisotopic (exact) mass is 242 g/mol. The van der Waals surface area contributed by atoms with Gasteiger partial charge in [-0.05, 0) is 32.7 Å². The first-order chi connectivity index (χ1) is 8.02. The van der Waals surface area contributed by atoms with Crippen molar-refractivity contribution in [2.24, 2.45) is 5.92 Å². The number of carboxylic acids is 1. The smallest absolute Gasteiger partial charge is 0.305 e.